The minimum Gasteiger partial charge on any atom is -0.497 e. The summed E-state index contributed by atoms with van der Waals surface area (Å²) in [4.78, 5) is 9.26. The van der Waals surface area contributed by atoms with E-state index in [-0.39, 0.29) is 30.0 Å². The van der Waals surface area contributed by atoms with E-state index in [1.165, 1.54) is 5.56 Å². The van der Waals surface area contributed by atoms with Gasteiger partial charge >= 0.3 is 0 Å². The minimum absolute atomic E-state index is 0. The molecule has 29 heavy (non-hydrogen) atoms. The van der Waals surface area contributed by atoms with Crippen molar-refractivity contribution in [3.8, 4) is 5.75 Å². The largest absolute Gasteiger partial charge is 0.497 e. The van der Waals surface area contributed by atoms with Crippen molar-refractivity contribution >= 4 is 29.9 Å². The zero-order chi connectivity index (χ0) is 20.2. The number of likely N-dealkylation sites (N-methyl/N-ethyl adjacent to an activating group) is 1. The zero-order valence-corrected chi connectivity index (χ0v) is 20.6. The molecule has 0 amide bonds. The fourth-order valence-corrected chi connectivity index (χ4v) is 3.46. The lowest BCUT2D eigenvalue weighted by Gasteiger charge is -2.35. The first-order valence-electron chi connectivity index (χ1n) is 10.3. The smallest absolute Gasteiger partial charge is 0.191 e. The van der Waals surface area contributed by atoms with E-state index in [2.05, 4.69) is 51.4 Å². The number of hydrogen-bond donors (Lipinski definition) is 2. The maximum Gasteiger partial charge on any atom is 0.191 e. The van der Waals surface area contributed by atoms with Crippen molar-refractivity contribution in [1.29, 1.82) is 0 Å². The molecule has 2 N–H and O–H groups in total. The number of hydrogen-bond acceptors (Lipinski definition) is 5. The van der Waals surface area contributed by atoms with Gasteiger partial charge in [0.1, 0.15) is 5.75 Å². The summed E-state index contributed by atoms with van der Waals surface area (Å²) < 4.78 is 10.9. The third kappa shape index (κ3) is 8.65. The molecule has 0 aliphatic carbocycles. The molecule has 1 aliphatic heterocycles. The van der Waals surface area contributed by atoms with Gasteiger partial charge in [0.15, 0.2) is 5.96 Å². The average Bonchev–Trinajstić information content (AvgIpc) is 2.76. The molecule has 7 nitrogen and oxygen atoms in total. The molecule has 0 saturated carbocycles. The third-order valence-electron chi connectivity index (χ3n) is 5.29. The van der Waals surface area contributed by atoms with E-state index in [4.69, 9.17) is 9.47 Å². The van der Waals surface area contributed by atoms with Gasteiger partial charge < -0.3 is 25.0 Å². The number of ether oxygens (including phenoxy) is 2. The molecule has 8 heteroatoms. The lowest BCUT2D eigenvalue weighted by atomic mass is 10.0. The molecule has 1 unspecified atom stereocenters. The molecule has 1 aromatic rings. The fraction of sp³-hybridized carbons (Fsp3) is 0.667. The first-order chi connectivity index (χ1) is 13.7. The standard InChI is InChI=1S/C21H37N5O2.HI/c1-5-25(6-2)12-11-23-21(22-3)24-17-20(26-13-15-28-16-14-26)18-7-9-19(27-4)10-8-18;/h7-10,20H,5-6,11-17H2,1-4H3,(H2,22,23,24);1H. The number of aliphatic imine (C=N–C) groups is 1. The first-order valence-corrected chi connectivity index (χ1v) is 10.3. The van der Waals surface area contributed by atoms with Crippen LogP contribution in [0.1, 0.15) is 25.5 Å². The highest BCUT2D eigenvalue weighted by Crippen LogP contribution is 2.23. The fourth-order valence-electron chi connectivity index (χ4n) is 3.46. The summed E-state index contributed by atoms with van der Waals surface area (Å²) in [5.41, 5.74) is 1.27. The van der Waals surface area contributed by atoms with Crippen LogP contribution in [0.15, 0.2) is 29.3 Å². The summed E-state index contributed by atoms with van der Waals surface area (Å²) in [7, 11) is 3.52. The van der Waals surface area contributed by atoms with Gasteiger partial charge in [-0.05, 0) is 30.8 Å². The summed E-state index contributed by atoms with van der Waals surface area (Å²) in [5, 5.41) is 6.94. The van der Waals surface area contributed by atoms with Crippen molar-refractivity contribution in [2.24, 2.45) is 4.99 Å². The minimum atomic E-state index is 0. The SMILES string of the molecule is CCN(CC)CCNC(=NC)NCC(c1ccc(OC)cc1)N1CCOCC1.I. The summed E-state index contributed by atoms with van der Waals surface area (Å²) >= 11 is 0. The van der Waals surface area contributed by atoms with Crippen LogP contribution in [0, 0.1) is 0 Å². The lowest BCUT2D eigenvalue weighted by molar-refractivity contribution is 0.0170. The Morgan fingerprint density at radius 3 is 2.38 bits per heavy atom. The number of benzene rings is 1. The predicted octanol–water partition coefficient (Wildman–Crippen LogP) is 2.19. The molecule has 0 bridgehead atoms. The van der Waals surface area contributed by atoms with Crippen LogP contribution in [0.25, 0.3) is 0 Å². The van der Waals surface area contributed by atoms with E-state index in [1.54, 1.807) is 7.11 Å². The highest BCUT2D eigenvalue weighted by atomic mass is 127. The molecular weight excluding hydrogens is 481 g/mol. The molecule has 0 spiro atoms. The maximum atomic E-state index is 5.54. The van der Waals surface area contributed by atoms with Crippen molar-refractivity contribution in [2.75, 3.05) is 73.2 Å². The Bertz CT molecular complexity index is 575. The third-order valence-corrected chi connectivity index (χ3v) is 5.29. The molecule has 2 rings (SSSR count). The van der Waals surface area contributed by atoms with Crippen LogP contribution in [0.3, 0.4) is 0 Å². The Kier molecular flexibility index (Phi) is 13.2. The van der Waals surface area contributed by atoms with Gasteiger partial charge in [-0.25, -0.2) is 0 Å². The van der Waals surface area contributed by atoms with Crippen LogP contribution >= 0.6 is 24.0 Å². The Balaban J connectivity index is 0.00000420. The second-order valence-electron chi connectivity index (χ2n) is 6.84. The van der Waals surface area contributed by atoms with Crippen LogP contribution in [0.2, 0.25) is 0 Å². The van der Waals surface area contributed by atoms with Gasteiger partial charge in [-0.15, -0.1) is 24.0 Å². The average molecular weight is 519 g/mol. The summed E-state index contributed by atoms with van der Waals surface area (Å²) in [6.45, 7) is 12.6. The van der Waals surface area contributed by atoms with Gasteiger partial charge in [0, 0.05) is 39.8 Å². The summed E-state index contributed by atoms with van der Waals surface area (Å²) in [6.07, 6.45) is 0. The molecule has 1 fully saturated rings. The molecule has 1 aliphatic rings. The van der Waals surface area contributed by atoms with Crippen LogP contribution in [-0.2, 0) is 4.74 Å². The Morgan fingerprint density at radius 2 is 1.83 bits per heavy atom. The van der Waals surface area contributed by atoms with Crippen molar-refractivity contribution in [3.05, 3.63) is 29.8 Å². The van der Waals surface area contributed by atoms with E-state index in [0.29, 0.717) is 0 Å². The van der Waals surface area contributed by atoms with Gasteiger partial charge in [-0.2, -0.15) is 0 Å². The number of morpholine rings is 1. The number of rotatable bonds is 10. The monoisotopic (exact) mass is 519 g/mol. The topological polar surface area (TPSA) is 61.4 Å². The van der Waals surface area contributed by atoms with E-state index in [9.17, 15) is 0 Å². The van der Waals surface area contributed by atoms with Crippen LogP contribution in [0.5, 0.6) is 5.75 Å². The number of methoxy groups -OCH3 is 1. The first kappa shape index (κ1) is 25.9. The van der Waals surface area contributed by atoms with E-state index in [1.807, 2.05) is 19.2 Å². The normalized spacial score (nSPS) is 16.2. The van der Waals surface area contributed by atoms with E-state index < -0.39 is 0 Å². The number of guanidine groups is 1. The van der Waals surface area contributed by atoms with E-state index in [0.717, 1.165) is 70.7 Å². The Hall–Kier alpha value is -1.10. The van der Waals surface area contributed by atoms with E-state index >= 15 is 0 Å². The second kappa shape index (κ2) is 14.8. The number of halogens is 1. The zero-order valence-electron chi connectivity index (χ0n) is 18.3. The molecule has 1 aromatic carbocycles. The van der Waals surface area contributed by atoms with Crippen molar-refractivity contribution in [3.63, 3.8) is 0 Å². The summed E-state index contributed by atoms with van der Waals surface area (Å²) in [6, 6.07) is 8.62. The molecule has 1 atom stereocenters. The molecule has 0 radical (unpaired) electrons. The Labute approximate surface area is 193 Å². The van der Waals surface area contributed by atoms with Gasteiger partial charge in [0.2, 0.25) is 0 Å². The number of nitrogens with one attached hydrogen (secondary N) is 2. The van der Waals surface area contributed by atoms with Crippen LogP contribution in [-0.4, -0.2) is 88.9 Å². The Morgan fingerprint density at radius 1 is 1.17 bits per heavy atom. The maximum absolute atomic E-state index is 5.54. The summed E-state index contributed by atoms with van der Waals surface area (Å²) in [5.74, 6) is 1.73. The van der Waals surface area contributed by atoms with Crippen molar-refractivity contribution < 1.29 is 9.47 Å². The molecule has 0 aromatic heterocycles. The molecular formula is C21H38IN5O2. The van der Waals surface area contributed by atoms with Crippen molar-refractivity contribution in [2.45, 2.75) is 19.9 Å². The second-order valence-corrected chi connectivity index (χ2v) is 6.84. The highest BCUT2D eigenvalue weighted by molar-refractivity contribution is 14.0. The predicted molar refractivity (Wildman–Crippen MR) is 131 cm³/mol. The van der Waals surface area contributed by atoms with Crippen LogP contribution < -0.4 is 15.4 Å². The highest BCUT2D eigenvalue weighted by Gasteiger charge is 2.23. The molecule has 166 valence electrons. The molecule has 1 heterocycles. The quantitative estimate of drug-likeness (QED) is 0.281. The van der Waals surface area contributed by atoms with Crippen LogP contribution in [0.4, 0.5) is 0 Å². The number of nitrogens with zero attached hydrogens (tertiary/aromatic N) is 3. The van der Waals surface area contributed by atoms with Gasteiger partial charge in [-0.3, -0.25) is 9.89 Å². The lowest BCUT2D eigenvalue weighted by Crippen LogP contribution is -2.47. The van der Waals surface area contributed by atoms with Gasteiger partial charge in [0.05, 0.1) is 26.4 Å². The van der Waals surface area contributed by atoms with Gasteiger partial charge in [0.25, 0.3) is 0 Å². The van der Waals surface area contributed by atoms with Gasteiger partial charge in [-0.1, -0.05) is 26.0 Å². The molecule has 1 saturated heterocycles. The van der Waals surface area contributed by atoms with Crippen molar-refractivity contribution in [1.82, 2.24) is 20.4 Å².